The lowest BCUT2D eigenvalue weighted by Crippen LogP contribution is -2.40. The number of carbonyl (C=O) groups excluding carboxylic acids is 1. The van der Waals surface area contributed by atoms with Gasteiger partial charge in [0.1, 0.15) is 0 Å². The highest BCUT2D eigenvalue weighted by Gasteiger charge is 2.25. The first-order valence-electron chi connectivity index (χ1n) is 8.33. The number of hydrogen-bond donors (Lipinski definition) is 2. The Balaban J connectivity index is 1.57. The number of aryl methyl sites for hydroxylation is 2. The summed E-state index contributed by atoms with van der Waals surface area (Å²) in [6, 6.07) is 6.02. The zero-order chi connectivity index (χ0) is 17.8. The quantitative estimate of drug-likeness (QED) is 0.495. The first-order chi connectivity index (χ1) is 12.1. The molecule has 2 aromatic rings. The maximum Gasteiger partial charge on any atom is 0.321 e. The molecule has 1 aromatic carbocycles. The molecule has 2 amide bonds. The zero-order valence-corrected chi connectivity index (χ0v) is 15.2. The molecule has 25 heavy (non-hydrogen) atoms. The minimum Gasteiger partial charge on any atom is -0.411 e. The number of carbonyl (C=O) groups is 1. The zero-order valence-electron chi connectivity index (χ0n) is 14.4. The molecule has 1 aliphatic heterocycles. The van der Waals surface area contributed by atoms with Gasteiger partial charge >= 0.3 is 6.03 Å². The minimum atomic E-state index is -0.0422. The molecule has 2 heterocycles. The number of oxime groups is 1. The molecule has 1 saturated heterocycles. The molecule has 3 rings (SSSR count). The Morgan fingerprint density at radius 1 is 1.40 bits per heavy atom. The lowest BCUT2D eigenvalue weighted by molar-refractivity contribution is 0.194. The Bertz CT molecular complexity index is 779. The number of amides is 2. The van der Waals surface area contributed by atoms with Crippen molar-refractivity contribution in [1.82, 2.24) is 9.88 Å². The van der Waals surface area contributed by atoms with E-state index in [1.165, 1.54) is 6.21 Å². The summed E-state index contributed by atoms with van der Waals surface area (Å²) in [5.41, 5.74) is 3.75. The van der Waals surface area contributed by atoms with Crippen LogP contribution in [0.1, 0.15) is 40.6 Å². The second kappa shape index (κ2) is 7.65. The smallest absolute Gasteiger partial charge is 0.321 e. The number of thiazole rings is 1. The number of nitrogens with zero attached hydrogens (tertiary/aromatic N) is 3. The van der Waals surface area contributed by atoms with E-state index in [1.807, 2.05) is 42.3 Å². The Labute approximate surface area is 151 Å². The molecule has 0 bridgehead atoms. The van der Waals surface area contributed by atoms with Gasteiger partial charge in [0.05, 0.1) is 16.9 Å². The summed E-state index contributed by atoms with van der Waals surface area (Å²) < 4.78 is 0. The number of nitrogens with one attached hydrogen (secondary N) is 1. The Morgan fingerprint density at radius 3 is 2.88 bits per heavy atom. The SMILES string of the molecule is Cc1ccc(C)c(NC(=O)N2CCC(c3nc(C=NO)cs3)CC2)c1. The Hall–Kier alpha value is -2.41. The van der Waals surface area contributed by atoms with Crippen molar-refractivity contribution in [2.24, 2.45) is 5.16 Å². The average Bonchev–Trinajstić information content (AvgIpc) is 3.07. The van der Waals surface area contributed by atoms with Crippen LogP contribution in [-0.4, -0.2) is 40.4 Å². The van der Waals surface area contributed by atoms with E-state index in [4.69, 9.17) is 5.21 Å². The number of likely N-dealkylation sites (tertiary alicyclic amines) is 1. The van der Waals surface area contributed by atoms with Crippen LogP contribution in [0.5, 0.6) is 0 Å². The van der Waals surface area contributed by atoms with E-state index in [0.29, 0.717) is 24.7 Å². The van der Waals surface area contributed by atoms with E-state index >= 15 is 0 Å². The third-order valence-electron chi connectivity index (χ3n) is 4.50. The summed E-state index contributed by atoms with van der Waals surface area (Å²) in [6.07, 6.45) is 3.12. The molecule has 0 saturated carbocycles. The summed E-state index contributed by atoms with van der Waals surface area (Å²) in [5, 5.41) is 17.5. The van der Waals surface area contributed by atoms with Crippen LogP contribution in [0.3, 0.4) is 0 Å². The van der Waals surface area contributed by atoms with Gasteiger partial charge in [0.25, 0.3) is 0 Å². The van der Waals surface area contributed by atoms with Crippen LogP contribution >= 0.6 is 11.3 Å². The molecular formula is C18H22N4O2S. The molecule has 2 N–H and O–H groups in total. The van der Waals surface area contributed by atoms with Gasteiger partial charge in [-0.25, -0.2) is 9.78 Å². The molecule has 1 fully saturated rings. The number of hydrogen-bond acceptors (Lipinski definition) is 5. The largest absolute Gasteiger partial charge is 0.411 e. The maximum atomic E-state index is 12.5. The standard InChI is InChI=1S/C18H22N4O2S/c1-12-3-4-13(2)16(9-12)21-18(23)22-7-5-14(6-8-22)17-20-15(10-19-24)11-25-17/h3-4,9-11,14,24H,5-8H2,1-2H3,(H,21,23). The number of aromatic nitrogens is 1. The van der Waals surface area contributed by atoms with Crippen molar-refractivity contribution in [2.75, 3.05) is 18.4 Å². The summed E-state index contributed by atoms with van der Waals surface area (Å²) in [4.78, 5) is 18.9. The van der Waals surface area contributed by atoms with Crippen molar-refractivity contribution in [3.63, 3.8) is 0 Å². The summed E-state index contributed by atoms with van der Waals surface area (Å²) in [6.45, 7) is 5.44. The van der Waals surface area contributed by atoms with Crippen molar-refractivity contribution in [2.45, 2.75) is 32.6 Å². The van der Waals surface area contributed by atoms with Crippen LogP contribution in [0.2, 0.25) is 0 Å². The number of anilines is 1. The van der Waals surface area contributed by atoms with Gasteiger partial charge in [0, 0.05) is 30.1 Å². The van der Waals surface area contributed by atoms with Crippen molar-refractivity contribution < 1.29 is 10.0 Å². The molecule has 1 aliphatic rings. The van der Waals surface area contributed by atoms with Crippen LogP contribution in [0.25, 0.3) is 0 Å². The molecule has 0 unspecified atom stereocenters. The van der Waals surface area contributed by atoms with Gasteiger partial charge in [-0.05, 0) is 43.9 Å². The van der Waals surface area contributed by atoms with E-state index in [2.05, 4.69) is 15.5 Å². The van der Waals surface area contributed by atoms with Gasteiger partial charge in [-0.1, -0.05) is 17.3 Å². The van der Waals surface area contributed by atoms with Crippen LogP contribution in [0, 0.1) is 13.8 Å². The highest BCUT2D eigenvalue weighted by atomic mass is 32.1. The third kappa shape index (κ3) is 4.17. The highest BCUT2D eigenvalue weighted by Crippen LogP contribution is 2.30. The third-order valence-corrected chi connectivity index (χ3v) is 5.52. The maximum absolute atomic E-state index is 12.5. The van der Waals surface area contributed by atoms with E-state index in [1.54, 1.807) is 11.3 Å². The first kappa shape index (κ1) is 17.4. The molecule has 0 atom stereocenters. The topological polar surface area (TPSA) is 77.8 Å². The number of piperidine rings is 1. The number of benzene rings is 1. The van der Waals surface area contributed by atoms with Gasteiger partial charge in [0.15, 0.2) is 0 Å². The molecule has 1 aromatic heterocycles. The van der Waals surface area contributed by atoms with Crippen molar-refractivity contribution >= 4 is 29.3 Å². The molecule has 0 radical (unpaired) electrons. The highest BCUT2D eigenvalue weighted by molar-refractivity contribution is 7.09. The number of rotatable bonds is 3. The molecule has 0 spiro atoms. The minimum absolute atomic E-state index is 0.0422. The van der Waals surface area contributed by atoms with E-state index in [0.717, 1.165) is 34.7 Å². The molecule has 0 aliphatic carbocycles. The first-order valence-corrected chi connectivity index (χ1v) is 9.21. The van der Waals surface area contributed by atoms with Crippen molar-refractivity contribution in [1.29, 1.82) is 0 Å². The van der Waals surface area contributed by atoms with Gasteiger partial charge < -0.3 is 15.4 Å². The molecular weight excluding hydrogens is 336 g/mol. The van der Waals surface area contributed by atoms with Crippen LogP contribution in [-0.2, 0) is 0 Å². The van der Waals surface area contributed by atoms with Gasteiger partial charge in [-0.2, -0.15) is 0 Å². The molecule has 132 valence electrons. The predicted molar refractivity (Wildman–Crippen MR) is 100.0 cm³/mol. The second-order valence-corrected chi connectivity index (χ2v) is 7.25. The van der Waals surface area contributed by atoms with Gasteiger partial charge in [0.2, 0.25) is 0 Å². The lowest BCUT2D eigenvalue weighted by atomic mass is 9.98. The van der Waals surface area contributed by atoms with Crippen molar-refractivity contribution in [3.05, 3.63) is 45.4 Å². The number of urea groups is 1. The predicted octanol–water partition coefficient (Wildman–Crippen LogP) is 3.98. The van der Waals surface area contributed by atoms with Crippen LogP contribution in [0.15, 0.2) is 28.7 Å². The van der Waals surface area contributed by atoms with Crippen LogP contribution < -0.4 is 5.32 Å². The summed E-state index contributed by atoms with van der Waals surface area (Å²) in [7, 11) is 0. The lowest BCUT2D eigenvalue weighted by Gasteiger charge is -2.31. The van der Waals surface area contributed by atoms with E-state index in [-0.39, 0.29) is 6.03 Å². The van der Waals surface area contributed by atoms with Crippen molar-refractivity contribution in [3.8, 4) is 0 Å². The summed E-state index contributed by atoms with van der Waals surface area (Å²) in [5.74, 6) is 0.357. The van der Waals surface area contributed by atoms with E-state index in [9.17, 15) is 4.79 Å². The van der Waals surface area contributed by atoms with E-state index < -0.39 is 0 Å². The van der Waals surface area contributed by atoms with Gasteiger partial charge in [-0.15, -0.1) is 11.3 Å². The normalized spacial score (nSPS) is 15.7. The van der Waals surface area contributed by atoms with Crippen LogP contribution in [0.4, 0.5) is 10.5 Å². The fraction of sp³-hybridized carbons (Fsp3) is 0.389. The Morgan fingerprint density at radius 2 is 2.16 bits per heavy atom. The fourth-order valence-electron chi connectivity index (χ4n) is 3.00. The monoisotopic (exact) mass is 358 g/mol. The fourth-order valence-corrected chi connectivity index (χ4v) is 3.94. The Kier molecular flexibility index (Phi) is 5.33. The second-order valence-electron chi connectivity index (χ2n) is 6.37. The molecule has 7 heteroatoms. The molecule has 6 nitrogen and oxygen atoms in total. The summed E-state index contributed by atoms with van der Waals surface area (Å²) >= 11 is 1.58. The average molecular weight is 358 g/mol. The van der Waals surface area contributed by atoms with Gasteiger partial charge in [-0.3, -0.25) is 0 Å².